The van der Waals surface area contributed by atoms with Crippen LogP contribution in [0.25, 0.3) is 16.9 Å². The van der Waals surface area contributed by atoms with Gasteiger partial charge in [0, 0.05) is 24.0 Å². The summed E-state index contributed by atoms with van der Waals surface area (Å²) in [5, 5.41) is 7.44. The molecule has 8 nitrogen and oxygen atoms in total. The Hall–Kier alpha value is -3.52. The van der Waals surface area contributed by atoms with Crippen molar-refractivity contribution in [2.24, 2.45) is 0 Å². The minimum absolute atomic E-state index is 0.241. The van der Waals surface area contributed by atoms with E-state index in [0.29, 0.717) is 27.9 Å². The molecule has 3 aromatic heterocycles. The predicted octanol–water partition coefficient (Wildman–Crippen LogP) is 2.86. The van der Waals surface area contributed by atoms with Crippen LogP contribution in [-0.4, -0.2) is 30.1 Å². The van der Waals surface area contributed by atoms with Crippen LogP contribution in [0, 0.1) is 13.8 Å². The van der Waals surface area contributed by atoms with Crippen molar-refractivity contribution in [3.8, 4) is 11.3 Å². The van der Waals surface area contributed by atoms with E-state index in [2.05, 4.69) is 20.4 Å². The van der Waals surface area contributed by atoms with Crippen molar-refractivity contribution in [2.75, 3.05) is 5.32 Å². The summed E-state index contributed by atoms with van der Waals surface area (Å²) in [4.78, 5) is 33.6. The molecule has 0 saturated carbocycles. The van der Waals surface area contributed by atoms with Gasteiger partial charge in [0.25, 0.3) is 0 Å². The lowest BCUT2D eigenvalue weighted by molar-refractivity contribution is -0.117. The first kappa shape index (κ1) is 18.8. The molecule has 1 N–H and O–H groups in total. The summed E-state index contributed by atoms with van der Waals surface area (Å²) in [6.45, 7) is 3.39. The first-order valence-electron chi connectivity index (χ1n) is 8.86. The van der Waals surface area contributed by atoms with Crippen LogP contribution in [0.15, 0.2) is 53.6 Å². The number of aromatic nitrogens is 5. The molecule has 0 fully saturated rings. The van der Waals surface area contributed by atoms with Crippen LogP contribution in [-0.2, 0) is 11.3 Å². The van der Waals surface area contributed by atoms with E-state index in [9.17, 15) is 9.59 Å². The van der Waals surface area contributed by atoms with Crippen molar-refractivity contribution in [1.29, 1.82) is 0 Å². The van der Waals surface area contributed by atoms with Crippen LogP contribution in [0.4, 0.5) is 5.69 Å². The number of carbonyl (C=O) groups is 1. The first-order chi connectivity index (χ1) is 13.9. The Morgan fingerprint density at radius 1 is 1.14 bits per heavy atom. The highest BCUT2D eigenvalue weighted by molar-refractivity contribution is 6.33. The number of benzene rings is 1. The number of fused-ring (bicyclic) bond motifs is 1. The summed E-state index contributed by atoms with van der Waals surface area (Å²) in [6.07, 6.45) is 3.34. The molecule has 0 spiro atoms. The maximum absolute atomic E-state index is 12.7. The zero-order chi connectivity index (χ0) is 20.5. The van der Waals surface area contributed by atoms with E-state index in [1.165, 1.54) is 4.40 Å². The number of nitrogens with one attached hydrogen (secondary N) is 1. The van der Waals surface area contributed by atoms with Crippen molar-refractivity contribution < 1.29 is 4.79 Å². The van der Waals surface area contributed by atoms with Gasteiger partial charge in [-0.25, -0.2) is 18.9 Å². The molecule has 4 aromatic rings. The molecule has 29 heavy (non-hydrogen) atoms. The van der Waals surface area contributed by atoms with Crippen LogP contribution in [0.1, 0.15) is 11.4 Å². The van der Waals surface area contributed by atoms with E-state index >= 15 is 0 Å². The first-order valence-corrected chi connectivity index (χ1v) is 9.24. The van der Waals surface area contributed by atoms with Crippen LogP contribution >= 0.6 is 11.6 Å². The standard InChI is InChI=1S/C20H17ClN6O2/c1-12-3-4-16(15(21)9-12)24-19(28)11-26-20(29)27-13(2)23-17(10-18(27)25-26)14-5-7-22-8-6-14/h3-10H,11H2,1-2H3,(H,24,28). The minimum atomic E-state index is -0.434. The fourth-order valence-electron chi connectivity index (χ4n) is 3.02. The van der Waals surface area contributed by atoms with Gasteiger partial charge >= 0.3 is 5.69 Å². The van der Waals surface area contributed by atoms with Gasteiger partial charge < -0.3 is 5.32 Å². The molecular weight excluding hydrogens is 392 g/mol. The van der Waals surface area contributed by atoms with E-state index in [0.717, 1.165) is 15.8 Å². The van der Waals surface area contributed by atoms with Gasteiger partial charge in [-0.05, 0) is 43.7 Å². The molecule has 1 aromatic carbocycles. The number of hydrogen-bond donors (Lipinski definition) is 1. The molecule has 4 rings (SSSR count). The number of amides is 1. The smallest absolute Gasteiger partial charge is 0.323 e. The molecule has 9 heteroatoms. The fourth-order valence-corrected chi connectivity index (χ4v) is 3.30. The van der Waals surface area contributed by atoms with E-state index in [1.807, 2.05) is 25.1 Å². The summed E-state index contributed by atoms with van der Waals surface area (Å²) in [5.74, 6) is 0.0776. The summed E-state index contributed by atoms with van der Waals surface area (Å²) in [5.41, 5.74) is 2.98. The lowest BCUT2D eigenvalue weighted by atomic mass is 10.2. The van der Waals surface area contributed by atoms with Crippen molar-refractivity contribution in [1.82, 2.24) is 24.1 Å². The van der Waals surface area contributed by atoms with Crippen molar-refractivity contribution in [2.45, 2.75) is 20.4 Å². The highest BCUT2D eigenvalue weighted by Gasteiger charge is 2.15. The molecule has 0 aliphatic rings. The van der Waals surface area contributed by atoms with E-state index in [-0.39, 0.29) is 6.54 Å². The lowest BCUT2D eigenvalue weighted by Gasteiger charge is -2.07. The molecule has 3 heterocycles. The summed E-state index contributed by atoms with van der Waals surface area (Å²) >= 11 is 6.15. The topological polar surface area (TPSA) is 94.2 Å². The Morgan fingerprint density at radius 3 is 2.62 bits per heavy atom. The van der Waals surface area contributed by atoms with Crippen LogP contribution < -0.4 is 11.0 Å². The normalized spacial score (nSPS) is 11.0. The zero-order valence-electron chi connectivity index (χ0n) is 15.8. The molecule has 1 amide bonds. The number of carbonyl (C=O) groups excluding carboxylic acids is 1. The Morgan fingerprint density at radius 2 is 1.90 bits per heavy atom. The maximum atomic E-state index is 12.7. The fraction of sp³-hybridized carbons (Fsp3) is 0.150. The maximum Gasteiger partial charge on any atom is 0.352 e. The molecule has 0 atom stereocenters. The zero-order valence-corrected chi connectivity index (χ0v) is 16.5. The second-order valence-corrected chi connectivity index (χ2v) is 7.00. The minimum Gasteiger partial charge on any atom is -0.323 e. The van der Waals surface area contributed by atoms with Gasteiger partial charge in [0.05, 0.1) is 16.4 Å². The van der Waals surface area contributed by atoms with Gasteiger partial charge in [-0.3, -0.25) is 9.78 Å². The molecule has 0 radical (unpaired) electrons. The number of anilines is 1. The Kier molecular flexibility index (Phi) is 4.85. The van der Waals surface area contributed by atoms with E-state index in [1.54, 1.807) is 37.5 Å². The van der Waals surface area contributed by atoms with E-state index in [4.69, 9.17) is 11.6 Å². The third-order valence-corrected chi connectivity index (χ3v) is 4.72. The quantitative estimate of drug-likeness (QED) is 0.560. The van der Waals surface area contributed by atoms with Gasteiger partial charge in [0.15, 0.2) is 5.65 Å². The molecule has 0 saturated heterocycles. The number of halogens is 1. The third-order valence-electron chi connectivity index (χ3n) is 4.40. The highest BCUT2D eigenvalue weighted by atomic mass is 35.5. The average Bonchev–Trinajstić information content (AvgIpc) is 3.00. The van der Waals surface area contributed by atoms with E-state index < -0.39 is 11.6 Å². The largest absolute Gasteiger partial charge is 0.352 e. The van der Waals surface area contributed by atoms with Gasteiger partial charge in [-0.15, -0.1) is 5.10 Å². The molecule has 0 unspecified atom stereocenters. The summed E-state index contributed by atoms with van der Waals surface area (Å²) in [6, 6.07) is 10.7. The predicted molar refractivity (Wildman–Crippen MR) is 110 cm³/mol. The number of rotatable bonds is 4. The summed E-state index contributed by atoms with van der Waals surface area (Å²) < 4.78 is 2.48. The Balaban J connectivity index is 1.64. The molecule has 146 valence electrons. The monoisotopic (exact) mass is 408 g/mol. The number of hydrogen-bond acceptors (Lipinski definition) is 5. The van der Waals surface area contributed by atoms with Crippen molar-refractivity contribution in [3.05, 3.63) is 75.7 Å². The Bertz CT molecular complexity index is 1280. The third kappa shape index (κ3) is 3.74. The number of nitrogens with zero attached hydrogens (tertiary/aromatic N) is 5. The average molecular weight is 409 g/mol. The van der Waals surface area contributed by atoms with Gasteiger partial charge in [0.2, 0.25) is 5.91 Å². The number of aryl methyl sites for hydroxylation is 2. The second-order valence-electron chi connectivity index (χ2n) is 6.59. The Labute approximate surface area is 170 Å². The lowest BCUT2D eigenvalue weighted by Crippen LogP contribution is -2.29. The van der Waals surface area contributed by atoms with Gasteiger partial charge in [0.1, 0.15) is 12.4 Å². The van der Waals surface area contributed by atoms with Gasteiger partial charge in [-0.2, -0.15) is 0 Å². The SMILES string of the molecule is Cc1ccc(NC(=O)Cn2nc3cc(-c4ccncc4)nc(C)n3c2=O)c(Cl)c1. The second kappa shape index (κ2) is 7.48. The van der Waals surface area contributed by atoms with Crippen molar-refractivity contribution >= 4 is 28.8 Å². The number of pyridine rings is 1. The van der Waals surface area contributed by atoms with Crippen LogP contribution in [0.3, 0.4) is 0 Å². The van der Waals surface area contributed by atoms with Crippen LogP contribution in [0.2, 0.25) is 5.02 Å². The molecular formula is C20H17ClN6O2. The highest BCUT2D eigenvalue weighted by Crippen LogP contribution is 2.22. The van der Waals surface area contributed by atoms with Crippen LogP contribution in [0.5, 0.6) is 0 Å². The molecule has 0 bridgehead atoms. The summed E-state index contributed by atoms with van der Waals surface area (Å²) in [7, 11) is 0. The molecule has 0 aliphatic carbocycles. The van der Waals surface area contributed by atoms with Gasteiger partial charge in [-0.1, -0.05) is 17.7 Å². The molecule has 0 aliphatic heterocycles. The van der Waals surface area contributed by atoms with Crippen molar-refractivity contribution in [3.63, 3.8) is 0 Å².